The molecule has 3 N–H and O–H groups in total. The van der Waals surface area contributed by atoms with Gasteiger partial charge in [-0.2, -0.15) is 0 Å². The number of quaternary nitrogens is 3. The molecule has 94 heavy (non-hydrogen) atoms. The molecule has 6 aliphatic rings. The van der Waals surface area contributed by atoms with E-state index in [-0.39, 0.29) is 24.3 Å². The Morgan fingerprint density at radius 3 is 1.38 bits per heavy atom. The fraction of sp³-hybridized carbons (Fsp3) is 0.402. The molecule has 3 amide bonds. The van der Waals surface area contributed by atoms with Gasteiger partial charge in [0.1, 0.15) is 44.3 Å². The molecule has 0 radical (unpaired) electrons. The molecule has 4 aliphatic carbocycles. The van der Waals surface area contributed by atoms with Gasteiger partial charge in [-0.25, -0.2) is 0 Å². The van der Waals surface area contributed by atoms with E-state index in [9.17, 15) is 14.4 Å². The Morgan fingerprint density at radius 2 is 0.883 bits per heavy atom. The van der Waals surface area contributed by atoms with Gasteiger partial charge in [-0.05, 0) is 210 Å². The number of amides is 3. The summed E-state index contributed by atoms with van der Waals surface area (Å²) in [6.07, 6.45) is 29.1. The van der Waals surface area contributed by atoms with E-state index in [1.54, 1.807) is 0 Å². The summed E-state index contributed by atoms with van der Waals surface area (Å²) in [5.41, 5.74) is 14.1. The minimum absolute atomic E-state index is 0.0129. The SMILES string of the molecule is C[N+](C)(Cc1ccc(NC(=O)C2=Cc3c(ccc4ccccc34)OC2)cc1)C1CCCCC1.C[N+](C)(Cc1ccc(NC(=O)C2=Cc3cc(Br)ccc3CCC2)cc1)C1CCCCC1.Cc1ccc2c(c1)OCC(C(=O)Nc1ccc(C[N+](C)(C)C3CCCCC3)cc1)=C2. The highest BCUT2D eigenvalue weighted by Crippen LogP contribution is 2.36. The number of fused-ring (bicyclic) bond motifs is 5. The van der Waals surface area contributed by atoms with Gasteiger partial charge in [-0.3, -0.25) is 14.4 Å². The second kappa shape index (κ2) is 30.9. The van der Waals surface area contributed by atoms with E-state index in [0.717, 1.165) is 142 Å². The van der Waals surface area contributed by atoms with E-state index in [2.05, 4.69) is 165 Å². The Kier molecular flexibility index (Phi) is 22.3. The van der Waals surface area contributed by atoms with Crippen LogP contribution in [0.5, 0.6) is 11.5 Å². The molecule has 11 nitrogen and oxygen atoms in total. The maximum absolute atomic E-state index is 13.0. The zero-order valence-corrected chi connectivity index (χ0v) is 58.4. The normalized spacial score (nSPS) is 17.0. The highest BCUT2D eigenvalue weighted by atomic mass is 79.9. The summed E-state index contributed by atoms with van der Waals surface area (Å²) in [4.78, 5) is 38.6. The van der Waals surface area contributed by atoms with Gasteiger partial charge in [-0.15, -0.1) is 0 Å². The summed E-state index contributed by atoms with van der Waals surface area (Å²) >= 11 is 3.55. The number of anilines is 3. The van der Waals surface area contributed by atoms with E-state index in [1.807, 2.05) is 79.7 Å². The third kappa shape index (κ3) is 17.8. The van der Waals surface area contributed by atoms with Crippen molar-refractivity contribution in [1.29, 1.82) is 0 Å². The van der Waals surface area contributed by atoms with Gasteiger partial charge in [-0.1, -0.05) is 120 Å². The molecular weight excluding hydrogens is 1230 g/mol. The minimum Gasteiger partial charge on any atom is -0.488 e. The van der Waals surface area contributed by atoms with Crippen molar-refractivity contribution in [1.82, 2.24) is 0 Å². The zero-order chi connectivity index (χ0) is 65.8. The molecule has 7 aromatic rings. The molecule has 2 aliphatic heterocycles. The third-order valence-corrected chi connectivity index (χ3v) is 21.3. The van der Waals surface area contributed by atoms with Gasteiger partial charge >= 0.3 is 0 Å². The Bertz CT molecular complexity index is 3880. The molecule has 2 heterocycles. The predicted octanol–water partition coefficient (Wildman–Crippen LogP) is 18.2. The largest absolute Gasteiger partial charge is 0.488 e. The fourth-order valence-corrected chi connectivity index (χ4v) is 15.5. The number of nitrogens with one attached hydrogen (secondary N) is 3. The molecule has 0 atom stereocenters. The van der Waals surface area contributed by atoms with Crippen LogP contribution >= 0.6 is 15.9 Å². The number of halogens is 1. The number of aryl methyl sites for hydroxylation is 2. The molecule has 0 saturated heterocycles. The summed E-state index contributed by atoms with van der Waals surface area (Å²) in [7, 11) is 14.1. The van der Waals surface area contributed by atoms with Crippen molar-refractivity contribution in [3.63, 3.8) is 0 Å². The smallest absolute Gasteiger partial charge is 0.255 e. The van der Waals surface area contributed by atoms with Crippen LogP contribution in [0, 0.1) is 6.92 Å². The summed E-state index contributed by atoms with van der Waals surface area (Å²) < 4.78 is 15.8. The molecule has 3 fully saturated rings. The number of rotatable bonds is 15. The average molecular weight is 1330 g/mol. The second-order valence-electron chi connectivity index (χ2n) is 29.2. The van der Waals surface area contributed by atoms with Crippen molar-refractivity contribution in [2.24, 2.45) is 0 Å². The van der Waals surface area contributed by atoms with E-state index in [0.29, 0.717) is 17.8 Å². The Hall–Kier alpha value is -7.61. The van der Waals surface area contributed by atoms with Crippen molar-refractivity contribution >= 4 is 79.7 Å². The van der Waals surface area contributed by atoms with E-state index in [1.165, 1.54) is 119 Å². The maximum atomic E-state index is 13.0. The number of hydrogen-bond donors (Lipinski definition) is 3. The monoisotopic (exact) mass is 1330 g/mol. The summed E-state index contributed by atoms with van der Waals surface area (Å²) in [5.74, 6) is 1.47. The fourth-order valence-electron chi connectivity index (χ4n) is 15.1. The molecular formula is C82H100BrN6O5+3. The van der Waals surface area contributed by atoms with Gasteiger partial charge < -0.3 is 38.9 Å². The first-order valence-corrected chi connectivity index (χ1v) is 35.6. The Balaban J connectivity index is 0.000000144. The van der Waals surface area contributed by atoms with E-state index >= 15 is 0 Å². The maximum Gasteiger partial charge on any atom is 0.255 e. The Morgan fingerprint density at radius 1 is 0.436 bits per heavy atom. The first kappa shape index (κ1) is 67.8. The first-order valence-electron chi connectivity index (χ1n) is 34.8. The van der Waals surface area contributed by atoms with Crippen LogP contribution in [-0.4, -0.2) is 105 Å². The van der Waals surface area contributed by atoms with Crippen molar-refractivity contribution in [2.45, 2.75) is 160 Å². The van der Waals surface area contributed by atoms with Crippen LogP contribution in [0.25, 0.3) is 29.0 Å². The van der Waals surface area contributed by atoms with Gasteiger partial charge in [0.2, 0.25) is 0 Å². The average Bonchev–Trinajstić information content (AvgIpc) is 0.899. The molecule has 0 aromatic heterocycles. The van der Waals surface area contributed by atoms with Crippen LogP contribution in [0.3, 0.4) is 0 Å². The Labute approximate surface area is 568 Å². The number of carbonyl (C=O) groups is 3. The molecule has 12 heteroatoms. The lowest BCUT2D eigenvalue weighted by molar-refractivity contribution is -0.929. The quantitative estimate of drug-likeness (QED) is 0.0887. The highest BCUT2D eigenvalue weighted by molar-refractivity contribution is 9.10. The zero-order valence-electron chi connectivity index (χ0n) is 56.8. The summed E-state index contributed by atoms with van der Waals surface area (Å²) in [6, 6.07) is 51.9. The molecule has 13 rings (SSSR count). The van der Waals surface area contributed by atoms with Gasteiger partial charge in [0.25, 0.3) is 17.7 Å². The van der Waals surface area contributed by atoms with Gasteiger partial charge in [0, 0.05) is 54.9 Å². The summed E-state index contributed by atoms with van der Waals surface area (Å²) in [6.45, 7) is 5.69. The van der Waals surface area contributed by atoms with E-state index in [4.69, 9.17) is 9.47 Å². The van der Waals surface area contributed by atoms with Crippen LogP contribution in [0.15, 0.2) is 167 Å². The predicted molar refractivity (Wildman–Crippen MR) is 390 cm³/mol. The molecule has 0 spiro atoms. The first-order chi connectivity index (χ1) is 45.3. The molecule has 0 unspecified atom stereocenters. The number of hydrogen-bond acceptors (Lipinski definition) is 5. The lowest BCUT2D eigenvalue weighted by Gasteiger charge is -2.40. The lowest BCUT2D eigenvalue weighted by atomic mass is 9.92. The molecule has 3 saturated carbocycles. The second-order valence-corrected chi connectivity index (χ2v) is 30.1. The van der Waals surface area contributed by atoms with Crippen LogP contribution in [-0.2, 0) is 40.4 Å². The van der Waals surface area contributed by atoms with Gasteiger partial charge in [0.05, 0.1) is 71.6 Å². The van der Waals surface area contributed by atoms with Crippen LogP contribution in [0.2, 0.25) is 0 Å². The molecule has 7 aromatic carbocycles. The minimum atomic E-state index is -0.111. The lowest BCUT2D eigenvalue weighted by Crippen LogP contribution is -2.48. The molecule has 492 valence electrons. The number of benzene rings is 7. The van der Waals surface area contributed by atoms with Crippen molar-refractivity contribution < 1.29 is 37.3 Å². The van der Waals surface area contributed by atoms with E-state index < -0.39 is 0 Å². The molecule has 0 bridgehead atoms. The standard InChI is InChI=1S/C29H32N2O2.C27H33BrN2O.C26H32N2O2/c1-31(2,25-9-4-3-5-10-25)19-21-12-15-24(16-13-21)30-29(32)23-18-27-26-11-7-6-8-22(26)14-17-28(27)33-20-23;1-30(2,26-9-4-3-5-10-26)19-20-11-15-25(16-12-20)29-27(31)22-8-6-7-21-13-14-24(28)18-23(21)17-22;1-19-9-12-21-16-22(18-30-25(21)15-19)26(29)27-23-13-10-20(11-14-23)17-28(2,3)24-7-5-4-6-8-24/h6-8,11-18,25H,3-5,9-10,19-20H2,1-2H3;11-18,26H,3-10,19H2,1-2H3;9-16,24H,4-8,17-18H2,1-3H3/p+3. The van der Waals surface area contributed by atoms with Gasteiger partial charge in [0.15, 0.2) is 0 Å². The van der Waals surface area contributed by atoms with Crippen molar-refractivity contribution in [3.8, 4) is 11.5 Å². The number of nitrogens with zero attached hydrogens (tertiary/aromatic N) is 3. The van der Waals surface area contributed by atoms with Crippen molar-refractivity contribution in [3.05, 3.63) is 211 Å². The number of ether oxygens (including phenoxy) is 2. The van der Waals surface area contributed by atoms with Crippen molar-refractivity contribution in [2.75, 3.05) is 71.5 Å². The third-order valence-electron chi connectivity index (χ3n) is 20.8. The van der Waals surface area contributed by atoms with Crippen LogP contribution in [0.4, 0.5) is 17.1 Å². The topological polar surface area (TPSA) is 106 Å². The van der Waals surface area contributed by atoms with Crippen LogP contribution in [0.1, 0.15) is 154 Å². The number of carbonyl (C=O) groups excluding carboxylic acids is 3. The summed E-state index contributed by atoms with van der Waals surface area (Å²) in [5, 5.41) is 11.4. The van der Waals surface area contributed by atoms with Crippen LogP contribution < -0.4 is 25.4 Å². The highest BCUT2D eigenvalue weighted by Gasteiger charge is 2.33.